The fourth-order valence-corrected chi connectivity index (χ4v) is 25.8. The van der Waals surface area contributed by atoms with Crippen molar-refractivity contribution in [3.05, 3.63) is 261 Å². The van der Waals surface area contributed by atoms with E-state index in [4.69, 9.17) is 0 Å². The maximum absolute atomic E-state index is 13.7. The lowest BCUT2D eigenvalue weighted by Gasteiger charge is -2.05. The van der Waals surface area contributed by atoms with Crippen molar-refractivity contribution in [2.75, 3.05) is 0 Å². The van der Waals surface area contributed by atoms with Crippen LogP contribution in [0.15, 0.2) is 186 Å². The summed E-state index contributed by atoms with van der Waals surface area (Å²) < 4.78 is 5.96. The average Bonchev–Trinajstić information content (AvgIpc) is 1.53. The molecule has 0 spiro atoms. The van der Waals surface area contributed by atoms with E-state index in [1.807, 2.05) is 74.5 Å². The third-order valence-electron chi connectivity index (χ3n) is 19.6. The van der Waals surface area contributed by atoms with Gasteiger partial charge in [0.15, 0.2) is 32.6 Å². The van der Waals surface area contributed by atoms with Crippen LogP contribution in [-0.4, -0.2) is 0 Å². The van der Waals surface area contributed by atoms with Crippen molar-refractivity contribution >= 4 is 239 Å². The van der Waals surface area contributed by atoms with Gasteiger partial charge in [0.25, 0.3) is 0 Å². The molecular formula is C84H50O6S10. The summed E-state index contributed by atoms with van der Waals surface area (Å²) in [6, 6.07) is 53.6. The predicted octanol–water partition coefficient (Wildman–Crippen LogP) is 24.8. The molecular weight excluding hydrogens is 1430 g/mol. The number of hydrogen-bond donors (Lipinski definition) is 0. The molecule has 21 aromatic rings. The van der Waals surface area contributed by atoms with E-state index in [0.29, 0.717) is 10.8 Å². The number of thiophene rings is 10. The van der Waals surface area contributed by atoms with Crippen molar-refractivity contribution in [3.8, 4) is 59.9 Å². The van der Waals surface area contributed by atoms with Crippen molar-refractivity contribution in [3.63, 3.8) is 0 Å². The molecule has 0 aliphatic heterocycles. The van der Waals surface area contributed by atoms with Gasteiger partial charge in [-0.25, -0.2) is 0 Å². The number of fused-ring (bicyclic) bond motifs is 18. The molecule has 0 radical (unpaired) electrons. The van der Waals surface area contributed by atoms with Gasteiger partial charge in [-0.1, -0.05) is 59.7 Å². The Hall–Kier alpha value is -8.88. The molecule has 0 fully saturated rings. The monoisotopic (exact) mass is 1470 g/mol. The van der Waals surface area contributed by atoms with E-state index in [0.717, 1.165) is 166 Å². The quantitative estimate of drug-likeness (QED) is 0.164. The Labute approximate surface area is 608 Å². The van der Waals surface area contributed by atoms with Crippen molar-refractivity contribution < 1.29 is 0 Å². The standard InChI is InChI=1S/C30H18O2S2.C28H18O2S4.C26H14O2S4/c1-15-3-7-17(8-4-15)25-13-23-27(31)19-12-22-20(11-21(19)29(23)33-25)28(32)24-14-26(34-30(22)24)18-9-5-16(2)6-10-18;1-11-5-7-17(31-11)19-9-15-25(29)21-14(4)24-22(13(3)23(21)27(15)33-19)26(30)16-10-20(34-28(16)24)18-8-6-12(2)32-18;1-11-3-5-19(29-11)21-9-17-23(27)13-8-16-14(7-15(13)25(17)31-21)24(28)18-10-22(32-26(16)18)20-6-4-12(2)30-20/h3-14H,1-2H3;5-10H,1-4H3;3-10H,1-2H3. The maximum atomic E-state index is 13.7. The second-order valence-corrected chi connectivity index (χ2v) is 37.6. The molecule has 0 saturated carbocycles. The van der Waals surface area contributed by atoms with Gasteiger partial charge in [-0.2, -0.15) is 0 Å². The van der Waals surface area contributed by atoms with Gasteiger partial charge in [-0.15, -0.1) is 113 Å². The van der Waals surface area contributed by atoms with Crippen LogP contribution in [0.1, 0.15) is 41.8 Å². The summed E-state index contributed by atoms with van der Waals surface area (Å²) in [5.74, 6) is 0. The fraction of sp³-hybridized carbons (Fsp3) is 0.0952. The highest BCUT2D eigenvalue weighted by Gasteiger charge is 2.28. The van der Waals surface area contributed by atoms with Gasteiger partial charge < -0.3 is 0 Å². The third-order valence-corrected chi connectivity index (χ3v) is 31.5. The molecule has 0 amide bonds. The molecule has 16 heteroatoms. The van der Waals surface area contributed by atoms with Crippen molar-refractivity contribution in [1.29, 1.82) is 0 Å². The number of rotatable bonds is 6. The molecule has 10 heterocycles. The third kappa shape index (κ3) is 9.41. The highest BCUT2D eigenvalue weighted by atomic mass is 32.1. The molecule has 482 valence electrons. The Morgan fingerprint density at radius 2 is 0.430 bits per heavy atom. The Bertz CT molecular complexity index is 6940. The first-order valence-corrected chi connectivity index (χ1v) is 40.5. The Kier molecular flexibility index (Phi) is 14.2. The van der Waals surface area contributed by atoms with Gasteiger partial charge in [0.1, 0.15) is 0 Å². The largest absolute Gasteiger partial charge is 0.289 e. The predicted molar refractivity (Wildman–Crippen MR) is 443 cm³/mol. The van der Waals surface area contributed by atoms with E-state index < -0.39 is 0 Å². The normalized spacial score (nSPS) is 12.2. The molecule has 0 unspecified atom stereocenters. The van der Waals surface area contributed by atoms with Gasteiger partial charge in [0, 0.05) is 193 Å². The SMILES string of the molecule is Cc1ccc(-c2cc3c(=O)c4c(C)c5c(c(C)c4c3s2)c(=O)c2cc(-c3ccc(C)s3)sc25)s1.Cc1ccc(-c2cc3c(=O)c4cc5c(cc4c3s2)c(=O)c2cc(-c3ccc(C)cc3)sc25)cc1.Cc1ccc(-c2cc3c(=O)c4cc5c(cc4c3s2)c(=O)c2cc(-c3ccc(C)s3)sc25)s1. The molecule has 11 aromatic carbocycles. The lowest BCUT2D eigenvalue weighted by Crippen LogP contribution is -2.00. The second kappa shape index (κ2) is 22.8. The van der Waals surface area contributed by atoms with Crippen molar-refractivity contribution in [2.45, 2.75) is 55.4 Å². The zero-order chi connectivity index (χ0) is 68.3. The van der Waals surface area contributed by atoms with Crippen LogP contribution >= 0.6 is 113 Å². The van der Waals surface area contributed by atoms with Crippen LogP contribution < -0.4 is 32.6 Å². The highest BCUT2D eigenvalue weighted by Crippen LogP contribution is 2.49. The highest BCUT2D eigenvalue weighted by molar-refractivity contribution is 7.29. The summed E-state index contributed by atoms with van der Waals surface area (Å²) in [6.07, 6.45) is 0. The van der Waals surface area contributed by atoms with Crippen molar-refractivity contribution in [2.24, 2.45) is 0 Å². The van der Waals surface area contributed by atoms with Crippen LogP contribution in [0.4, 0.5) is 0 Å². The summed E-state index contributed by atoms with van der Waals surface area (Å²) in [6.45, 7) is 16.6. The van der Waals surface area contributed by atoms with Crippen LogP contribution in [0.25, 0.3) is 185 Å². The Morgan fingerprint density at radius 3 is 0.690 bits per heavy atom. The van der Waals surface area contributed by atoms with E-state index in [1.54, 1.807) is 113 Å². The Morgan fingerprint density at radius 1 is 0.190 bits per heavy atom. The van der Waals surface area contributed by atoms with Gasteiger partial charge in [-0.3, -0.25) is 28.8 Å². The topological polar surface area (TPSA) is 102 Å². The summed E-state index contributed by atoms with van der Waals surface area (Å²) in [5, 5.41) is 14.6. The molecule has 0 N–H and O–H groups in total. The molecule has 0 saturated heterocycles. The zero-order valence-electron chi connectivity index (χ0n) is 54.5. The summed E-state index contributed by atoms with van der Waals surface area (Å²) in [7, 11) is 0. The van der Waals surface area contributed by atoms with Crippen LogP contribution in [0.2, 0.25) is 0 Å². The van der Waals surface area contributed by atoms with E-state index in [2.05, 4.69) is 139 Å². The molecule has 0 aliphatic rings. The number of hydrogen-bond acceptors (Lipinski definition) is 16. The number of benzene rings is 5. The van der Waals surface area contributed by atoms with E-state index in [-0.39, 0.29) is 32.6 Å². The smallest absolute Gasteiger partial charge is 0.195 e. The van der Waals surface area contributed by atoms with Crippen LogP contribution in [0, 0.1) is 55.4 Å². The molecule has 6 nitrogen and oxygen atoms in total. The first kappa shape index (κ1) is 62.2. The summed E-state index contributed by atoms with van der Waals surface area (Å²) in [4.78, 5) is 97.1. The van der Waals surface area contributed by atoms with Crippen LogP contribution in [-0.2, 0) is 0 Å². The molecule has 0 aliphatic carbocycles. The second-order valence-electron chi connectivity index (χ2n) is 26.1. The van der Waals surface area contributed by atoms with Gasteiger partial charge in [0.05, 0.1) is 0 Å². The summed E-state index contributed by atoms with van der Waals surface area (Å²) >= 11 is 16.9. The van der Waals surface area contributed by atoms with Gasteiger partial charge in [0.2, 0.25) is 0 Å². The minimum absolute atomic E-state index is 0.0543. The zero-order valence-corrected chi connectivity index (χ0v) is 62.7. The average molecular weight is 1480 g/mol. The van der Waals surface area contributed by atoms with Crippen molar-refractivity contribution in [1.82, 2.24) is 0 Å². The minimum atomic E-state index is 0.0543. The van der Waals surface area contributed by atoms with E-state index in [9.17, 15) is 28.8 Å². The van der Waals surface area contributed by atoms with E-state index >= 15 is 0 Å². The molecule has 0 atom stereocenters. The molecule has 0 bridgehead atoms. The van der Waals surface area contributed by atoms with E-state index in [1.165, 1.54) is 50.1 Å². The lowest BCUT2D eigenvalue weighted by atomic mass is 9.99. The van der Waals surface area contributed by atoms with Crippen LogP contribution in [0.5, 0.6) is 0 Å². The molecule has 10 aromatic heterocycles. The summed E-state index contributed by atoms with van der Waals surface area (Å²) in [5.41, 5.74) is 6.97. The number of aryl methyl sites for hydroxylation is 8. The van der Waals surface area contributed by atoms with Gasteiger partial charge in [-0.05, 0) is 187 Å². The fourth-order valence-electron chi connectivity index (χ4n) is 14.7. The molecule has 21 rings (SSSR count). The first-order valence-electron chi connectivity index (χ1n) is 32.4. The first-order chi connectivity index (χ1) is 48.3. The lowest BCUT2D eigenvalue weighted by molar-refractivity contribution is 1.48. The maximum Gasteiger partial charge on any atom is 0.195 e. The van der Waals surface area contributed by atoms with Crippen LogP contribution in [0.3, 0.4) is 0 Å². The molecule has 100 heavy (non-hydrogen) atoms. The van der Waals surface area contributed by atoms with Gasteiger partial charge >= 0.3 is 0 Å². The minimum Gasteiger partial charge on any atom is -0.289 e. The Balaban J connectivity index is 0.000000104.